The van der Waals surface area contributed by atoms with E-state index in [-0.39, 0.29) is 11.0 Å². The summed E-state index contributed by atoms with van der Waals surface area (Å²) in [7, 11) is 0. The third kappa shape index (κ3) is 1.64. The fraction of sp³-hybridized carbons (Fsp3) is 0.636. The molecule has 14 heavy (non-hydrogen) atoms. The van der Waals surface area contributed by atoms with Crippen LogP contribution in [0.1, 0.15) is 45.1 Å². The lowest BCUT2D eigenvalue weighted by atomic mass is 9.92. The Kier molecular flexibility index (Phi) is 1.89. The summed E-state index contributed by atoms with van der Waals surface area (Å²) >= 11 is 0. The average Bonchev–Trinajstić information content (AvgIpc) is 2.84. The highest BCUT2D eigenvalue weighted by atomic mass is 15.0. The summed E-state index contributed by atoms with van der Waals surface area (Å²) in [6.45, 7) is 6.44. The zero-order chi connectivity index (χ0) is 10.4. The summed E-state index contributed by atoms with van der Waals surface area (Å²) in [5.74, 6) is 0.810. The molecule has 2 N–H and O–H groups in total. The van der Waals surface area contributed by atoms with Gasteiger partial charge in [0.2, 0.25) is 0 Å². The lowest BCUT2D eigenvalue weighted by Crippen LogP contribution is -2.24. The molecule has 1 aliphatic carbocycles. The van der Waals surface area contributed by atoms with Crippen molar-refractivity contribution in [3.8, 4) is 0 Å². The number of aromatic nitrogens is 2. The molecule has 0 atom stereocenters. The first kappa shape index (κ1) is 9.59. The molecule has 2 rings (SSSR count). The van der Waals surface area contributed by atoms with E-state index in [1.54, 1.807) is 0 Å². The molecule has 1 aliphatic rings. The van der Waals surface area contributed by atoms with Crippen molar-refractivity contribution >= 4 is 0 Å². The molecule has 1 heterocycles. The topological polar surface area (TPSA) is 51.8 Å². The van der Waals surface area contributed by atoms with Gasteiger partial charge in [-0.05, 0) is 18.9 Å². The maximum absolute atomic E-state index is 6.06. The van der Waals surface area contributed by atoms with E-state index in [9.17, 15) is 0 Å². The maximum atomic E-state index is 6.06. The summed E-state index contributed by atoms with van der Waals surface area (Å²) in [6, 6.07) is 1.97. The molecule has 0 amide bonds. The van der Waals surface area contributed by atoms with Gasteiger partial charge in [-0.15, -0.1) is 0 Å². The van der Waals surface area contributed by atoms with Gasteiger partial charge in [0, 0.05) is 17.3 Å². The minimum atomic E-state index is -0.221. The van der Waals surface area contributed by atoms with Gasteiger partial charge in [0.15, 0.2) is 0 Å². The second kappa shape index (κ2) is 2.76. The van der Waals surface area contributed by atoms with Crippen LogP contribution in [-0.4, -0.2) is 9.97 Å². The molecule has 1 saturated carbocycles. The van der Waals surface area contributed by atoms with Crippen molar-refractivity contribution in [2.75, 3.05) is 0 Å². The Morgan fingerprint density at radius 2 is 2.00 bits per heavy atom. The third-order valence-electron chi connectivity index (χ3n) is 2.66. The Labute approximate surface area is 84.8 Å². The summed E-state index contributed by atoms with van der Waals surface area (Å²) in [6.07, 6.45) is 3.84. The van der Waals surface area contributed by atoms with E-state index in [0.717, 1.165) is 24.4 Å². The predicted molar refractivity (Wildman–Crippen MR) is 55.8 cm³/mol. The van der Waals surface area contributed by atoms with Crippen LogP contribution >= 0.6 is 0 Å². The second-order valence-corrected chi connectivity index (χ2v) is 5.17. The lowest BCUT2D eigenvalue weighted by Gasteiger charge is -2.19. The smallest absolute Gasteiger partial charge is 0.148 e. The summed E-state index contributed by atoms with van der Waals surface area (Å²) in [5.41, 5.74) is 6.98. The van der Waals surface area contributed by atoms with E-state index >= 15 is 0 Å². The molecule has 1 fully saturated rings. The molecular formula is C11H17N3. The van der Waals surface area contributed by atoms with E-state index in [2.05, 4.69) is 30.7 Å². The quantitative estimate of drug-likeness (QED) is 0.735. The van der Waals surface area contributed by atoms with Crippen molar-refractivity contribution in [2.45, 2.75) is 44.6 Å². The van der Waals surface area contributed by atoms with Crippen molar-refractivity contribution in [3.05, 3.63) is 23.8 Å². The van der Waals surface area contributed by atoms with Gasteiger partial charge >= 0.3 is 0 Å². The standard InChI is InChI=1S/C11H17N3/c1-10(2,3)8-4-7-13-9(14-8)11(12)5-6-11/h4,7H,5-6,12H2,1-3H3. The number of hydrogen-bond acceptors (Lipinski definition) is 3. The Bertz CT molecular complexity index is 327. The van der Waals surface area contributed by atoms with Crippen molar-refractivity contribution in [2.24, 2.45) is 5.73 Å². The molecule has 0 aromatic carbocycles. The first-order valence-electron chi connectivity index (χ1n) is 5.05. The molecular weight excluding hydrogens is 174 g/mol. The van der Waals surface area contributed by atoms with Gasteiger partial charge in [-0.25, -0.2) is 9.97 Å². The Morgan fingerprint density at radius 3 is 2.50 bits per heavy atom. The number of nitrogens with two attached hydrogens (primary N) is 1. The van der Waals surface area contributed by atoms with Crippen molar-refractivity contribution in [1.82, 2.24) is 9.97 Å². The number of rotatable bonds is 1. The molecule has 0 saturated heterocycles. The van der Waals surface area contributed by atoms with Gasteiger partial charge in [-0.3, -0.25) is 0 Å². The van der Waals surface area contributed by atoms with Gasteiger partial charge in [-0.2, -0.15) is 0 Å². The maximum Gasteiger partial charge on any atom is 0.148 e. The molecule has 3 heteroatoms. The first-order chi connectivity index (χ1) is 6.42. The van der Waals surface area contributed by atoms with E-state index < -0.39 is 0 Å². The van der Waals surface area contributed by atoms with Crippen LogP contribution in [0.4, 0.5) is 0 Å². The number of hydrogen-bond donors (Lipinski definition) is 1. The van der Waals surface area contributed by atoms with Crippen LogP contribution in [0.15, 0.2) is 12.3 Å². The SMILES string of the molecule is CC(C)(C)c1ccnc(C2(N)CC2)n1. The Morgan fingerprint density at radius 1 is 1.36 bits per heavy atom. The summed E-state index contributed by atoms with van der Waals surface area (Å²) in [4.78, 5) is 8.79. The molecule has 0 spiro atoms. The molecule has 0 bridgehead atoms. The fourth-order valence-corrected chi connectivity index (χ4v) is 1.37. The van der Waals surface area contributed by atoms with Gasteiger partial charge in [0.05, 0.1) is 5.54 Å². The van der Waals surface area contributed by atoms with E-state index in [1.165, 1.54) is 0 Å². The zero-order valence-corrected chi connectivity index (χ0v) is 9.04. The molecule has 0 aliphatic heterocycles. The van der Waals surface area contributed by atoms with Crippen molar-refractivity contribution in [3.63, 3.8) is 0 Å². The largest absolute Gasteiger partial charge is 0.319 e. The second-order valence-electron chi connectivity index (χ2n) is 5.17. The van der Waals surface area contributed by atoms with E-state index in [1.807, 2.05) is 12.3 Å². The van der Waals surface area contributed by atoms with Crippen LogP contribution in [-0.2, 0) is 11.0 Å². The van der Waals surface area contributed by atoms with E-state index in [4.69, 9.17) is 5.73 Å². The van der Waals surface area contributed by atoms with Crippen LogP contribution in [0.2, 0.25) is 0 Å². The first-order valence-corrected chi connectivity index (χ1v) is 5.05. The van der Waals surface area contributed by atoms with Crippen LogP contribution in [0.25, 0.3) is 0 Å². The molecule has 0 unspecified atom stereocenters. The van der Waals surface area contributed by atoms with Crippen LogP contribution in [0.3, 0.4) is 0 Å². The molecule has 76 valence electrons. The van der Waals surface area contributed by atoms with E-state index in [0.29, 0.717) is 0 Å². The molecule has 0 radical (unpaired) electrons. The number of nitrogens with zero attached hydrogens (tertiary/aromatic N) is 2. The van der Waals surface area contributed by atoms with Crippen molar-refractivity contribution < 1.29 is 0 Å². The lowest BCUT2D eigenvalue weighted by molar-refractivity contribution is 0.550. The third-order valence-corrected chi connectivity index (χ3v) is 2.66. The normalized spacial score (nSPS) is 19.4. The van der Waals surface area contributed by atoms with Gasteiger partial charge in [0.25, 0.3) is 0 Å². The zero-order valence-electron chi connectivity index (χ0n) is 9.04. The minimum absolute atomic E-state index is 0.0724. The van der Waals surface area contributed by atoms with Crippen LogP contribution < -0.4 is 5.73 Å². The highest BCUT2D eigenvalue weighted by Crippen LogP contribution is 2.40. The van der Waals surface area contributed by atoms with Crippen molar-refractivity contribution in [1.29, 1.82) is 0 Å². The Hall–Kier alpha value is -0.960. The van der Waals surface area contributed by atoms with Crippen LogP contribution in [0, 0.1) is 0 Å². The minimum Gasteiger partial charge on any atom is -0.319 e. The van der Waals surface area contributed by atoms with Gasteiger partial charge in [-0.1, -0.05) is 20.8 Å². The highest BCUT2D eigenvalue weighted by Gasteiger charge is 2.43. The average molecular weight is 191 g/mol. The molecule has 3 nitrogen and oxygen atoms in total. The molecule has 1 aromatic heterocycles. The van der Waals surface area contributed by atoms with Gasteiger partial charge < -0.3 is 5.73 Å². The fourth-order valence-electron chi connectivity index (χ4n) is 1.37. The summed E-state index contributed by atoms with van der Waals surface area (Å²) in [5, 5.41) is 0. The highest BCUT2D eigenvalue weighted by molar-refractivity contribution is 5.19. The predicted octanol–water partition coefficient (Wildman–Crippen LogP) is 1.72. The monoisotopic (exact) mass is 191 g/mol. The van der Waals surface area contributed by atoms with Gasteiger partial charge in [0.1, 0.15) is 5.82 Å². The van der Waals surface area contributed by atoms with Crippen LogP contribution in [0.5, 0.6) is 0 Å². The molecule has 1 aromatic rings. The Balaban J connectivity index is 2.37. The summed E-state index contributed by atoms with van der Waals surface area (Å²) < 4.78 is 0.